The lowest BCUT2D eigenvalue weighted by Crippen LogP contribution is -2.48. The van der Waals surface area contributed by atoms with Crippen molar-refractivity contribution in [3.8, 4) is 0 Å². The van der Waals surface area contributed by atoms with Crippen LogP contribution < -0.4 is 0 Å². The zero-order valence-electron chi connectivity index (χ0n) is 9.87. The van der Waals surface area contributed by atoms with Crippen molar-refractivity contribution in [3.63, 3.8) is 0 Å². The molecule has 1 aromatic rings. The van der Waals surface area contributed by atoms with Crippen molar-refractivity contribution >= 4 is 6.09 Å². The Morgan fingerprint density at radius 2 is 2.06 bits per heavy atom. The molecule has 4 nitrogen and oxygen atoms in total. The number of rotatable bonds is 4. The van der Waals surface area contributed by atoms with Gasteiger partial charge in [0.2, 0.25) is 0 Å². The van der Waals surface area contributed by atoms with Crippen molar-refractivity contribution < 1.29 is 14.6 Å². The Labute approximate surface area is 101 Å². The summed E-state index contributed by atoms with van der Waals surface area (Å²) in [6.45, 7) is 0.606. The minimum atomic E-state index is -0.864. The number of hydrogen-bond acceptors (Lipinski definition) is 2. The molecule has 92 valence electrons. The molecule has 1 aromatic carbocycles. The lowest BCUT2D eigenvalue weighted by atomic mass is 9.88. The Morgan fingerprint density at radius 1 is 1.41 bits per heavy atom. The van der Waals surface area contributed by atoms with Gasteiger partial charge in [0.25, 0.3) is 0 Å². The zero-order valence-corrected chi connectivity index (χ0v) is 9.87. The molecule has 0 radical (unpaired) electrons. The average molecular weight is 235 g/mol. The summed E-state index contributed by atoms with van der Waals surface area (Å²) in [5.74, 6) is 0. The van der Waals surface area contributed by atoms with E-state index in [2.05, 4.69) is 0 Å². The highest BCUT2D eigenvalue weighted by Crippen LogP contribution is 2.28. The average Bonchev–Trinajstić information content (AvgIpc) is 2.28. The molecule has 1 N–H and O–H groups in total. The fraction of sp³-hybridized carbons (Fsp3) is 0.462. The summed E-state index contributed by atoms with van der Waals surface area (Å²) >= 11 is 0. The zero-order chi connectivity index (χ0) is 12.3. The number of ether oxygens (including phenoxy) is 1. The predicted molar refractivity (Wildman–Crippen MR) is 63.8 cm³/mol. The summed E-state index contributed by atoms with van der Waals surface area (Å²) in [6, 6.07) is 10.1. The molecule has 1 saturated carbocycles. The van der Waals surface area contributed by atoms with Gasteiger partial charge in [-0.25, -0.2) is 4.79 Å². The standard InChI is InChI=1S/C13H17NO3/c1-14(13(15)16)11-7-12(8-11)17-9-10-5-3-2-4-6-10/h2-6,11-12H,7-9H2,1H3,(H,15,16)/t11-,12-. The van der Waals surface area contributed by atoms with Gasteiger partial charge in [0.1, 0.15) is 0 Å². The number of hydrogen-bond donors (Lipinski definition) is 1. The Hall–Kier alpha value is -1.55. The van der Waals surface area contributed by atoms with E-state index in [0.717, 1.165) is 18.4 Å². The van der Waals surface area contributed by atoms with E-state index in [4.69, 9.17) is 9.84 Å². The van der Waals surface area contributed by atoms with Crippen LogP contribution in [0.1, 0.15) is 18.4 Å². The lowest BCUT2D eigenvalue weighted by molar-refractivity contribution is -0.0487. The van der Waals surface area contributed by atoms with Crippen LogP contribution in [0.25, 0.3) is 0 Å². The highest BCUT2D eigenvalue weighted by Gasteiger charge is 2.34. The summed E-state index contributed by atoms with van der Waals surface area (Å²) in [4.78, 5) is 12.1. The van der Waals surface area contributed by atoms with Crippen LogP contribution >= 0.6 is 0 Å². The predicted octanol–water partition coefficient (Wildman–Crippen LogP) is 2.34. The molecule has 0 aliphatic heterocycles. The third kappa shape index (κ3) is 2.97. The normalized spacial score (nSPS) is 22.9. The van der Waals surface area contributed by atoms with Crippen LogP contribution in [0.2, 0.25) is 0 Å². The van der Waals surface area contributed by atoms with E-state index in [0.29, 0.717) is 6.61 Å². The molecule has 17 heavy (non-hydrogen) atoms. The molecule has 1 fully saturated rings. The number of nitrogens with zero attached hydrogens (tertiary/aromatic N) is 1. The molecule has 1 aliphatic carbocycles. The van der Waals surface area contributed by atoms with Gasteiger partial charge in [-0.05, 0) is 18.4 Å². The van der Waals surface area contributed by atoms with Gasteiger partial charge in [0.15, 0.2) is 0 Å². The first-order valence-corrected chi connectivity index (χ1v) is 5.78. The van der Waals surface area contributed by atoms with E-state index in [-0.39, 0.29) is 12.1 Å². The summed E-state index contributed by atoms with van der Waals surface area (Å²) in [5.41, 5.74) is 1.16. The quantitative estimate of drug-likeness (QED) is 0.871. The first-order chi connectivity index (χ1) is 8.16. The van der Waals surface area contributed by atoms with Crippen molar-refractivity contribution in [3.05, 3.63) is 35.9 Å². The van der Waals surface area contributed by atoms with Gasteiger partial charge in [0.05, 0.1) is 12.7 Å². The Morgan fingerprint density at radius 3 is 2.65 bits per heavy atom. The molecule has 0 saturated heterocycles. The van der Waals surface area contributed by atoms with Gasteiger partial charge >= 0.3 is 6.09 Å². The SMILES string of the molecule is CN(C(=O)O)[C@H]1C[C@H](OCc2ccccc2)C1. The molecule has 0 atom stereocenters. The summed E-state index contributed by atoms with van der Waals surface area (Å²) < 4.78 is 5.70. The van der Waals surface area contributed by atoms with Crippen molar-refractivity contribution in [1.29, 1.82) is 0 Å². The van der Waals surface area contributed by atoms with Gasteiger partial charge in [-0.2, -0.15) is 0 Å². The van der Waals surface area contributed by atoms with Crippen LogP contribution in [0.15, 0.2) is 30.3 Å². The maximum absolute atomic E-state index is 10.7. The van der Waals surface area contributed by atoms with Crippen LogP contribution in [0.3, 0.4) is 0 Å². The van der Waals surface area contributed by atoms with E-state index in [9.17, 15) is 4.79 Å². The molecular formula is C13H17NO3. The molecule has 0 bridgehead atoms. The maximum atomic E-state index is 10.7. The van der Waals surface area contributed by atoms with Gasteiger partial charge in [-0.15, -0.1) is 0 Å². The first-order valence-electron chi connectivity index (χ1n) is 5.78. The molecular weight excluding hydrogens is 218 g/mol. The second-order valence-corrected chi connectivity index (χ2v) is 4.44. The van der Waals surface area contributed by atoms with Gasteiger partial charge in [-0.3, -0.25) is 0 Å². The second-order valence-electron chi connectivity index (χ2n) is 4.44. The third-order valence-electron chi connectivity index (χ3n) is 3.25. The fourth-order valence-electron chi connectivity index (χ4n) is 1.93. The summed E-state index contributed by atoms with van der Waals surface area (Å²) in [5, 5.41) is 8.80. The number of carbonyl (C=O) groups is 1. The lowest BCUT2D eigenvalue weighted by Gasteiger charge is -2.39. The molecule has 0 spiro atoms. The molecule has 0 unspecified atom stereocenters. The Bertz CT molecular complexity index is 374. The van der Waals surface area contributed by atoms with Crippen LogP contribution in [-0.2, 0) is 11.3 Å². The molecule has 1 aliphatic rings. The van der Waals surface area contributed by atoms with Gasteiger partial charge in [0, 0.05) is 13.1 Å². The van der Waals surface area contributed by atoms with E-state index >= 15 is 0 Å². The van der Waals surface area contributed by atoms with Crippen LogP contribution in [0.4, 0.5) is 4.79 Å². The van der Waals surface area contributed by atoms with E-state index in [1.807, 2.05) is 30.3 Å². The maximum Gasteiger partial charge on any atom is 0.407 e. The van der Waals surface area contributed by atoms with Crippen LogP contribution in [0.5, 0.6) is 0 Å². The number of amides is 1. The van der Waals surface area contributed by atoms with Crippen LogP contribution in [-0.4, -0.2) is 35.3 Å². The minimum Gasteiger partial charge on any atom is -0.465 e. The van der Waals surface area contributed by atoms with Gasteiger partial charge in [-0.1, -0.05) is 30.3 Å². The Balaban J connectivity index is 1.70. The number of benzene rings is 1. The van der Waals surface area contributed by atoms with Crippen molar-refractivity contribution in [2.24, 2.45) is 0 Å². The fourth-order valence-corrected chi connectivity index (χ4v) is 1.93. The molecule has 4 heteroatoms. The summed E-state index contributed by atoms with van der Waals surface area (Å²) in [6.07, 6.45) is 0.934. The van der Waals surface area contributed by atoms with Gasteiger partial charge < -0.3 is 14.7 Å². The highest BCUT2D eigenvalue weighted by atomic mass is 16.5. The molecule has 2 rings (SSSR count). The minimum absolute atomic E-state index is 0.119. The topological polar surface area (TPSA) is 49.8 Å². The smallest absolute Gasteiger partial charge is 0.407 e. The van der Waals surface area contributed by atoms with Crippen molar-refractivity contribution in [2.45, 2.75) is 31.6 Å². The van der Waals surface area contributed by atoms with E-state index in [1.54, 1.807) is 7.05 Å². The first kappa shape index (κ1) is 11.9. The highest BCUT2D eigenvalue weighted by molar-refractivity contribution is 5.65. The second kappa shape index (κ2) is 5.19. The van der Waals surface area contributed by atoms with Crippen molar-refractivity contribution in [1.82, 2.24) is 4.90 Å². The van der Waals surface area contributed by atoms with E-state index < -0.39 is 6.09 Å². The summed E-state index contributed by atoms with van der Waals surface area (Å²) in [7, 11) is 1.61. The Kier molecular flexibility index (Phi) is 3.64. The van der Waals surface area contributed by atoms with Crippen molar-refractivity contribution in [2.75, 3.05) is 7.05 Å². The molecule has 0 heterocycles. The molecule has 1 amide bonds. The third-order valence-corrected chi connectivity index (χ3v) is 3.25. The molecule has 0 aromatic heterocycles. The largest absolute Gasteiger partial charge is 0.465 e. The monoisotopic (exact) mass is 235 g/mol. The number of carboxylic acid groups (broad SMARTS) is 1. The van der Waals surface area contributed by atoms with Crippen LogP contribution in [0, 0.1) is 0 Å². The van der Waals surface area contributed by atoms with E-state index in [1.165, 1.54) is 4.90 Å².